The minimum atomic E-state index is -0.000185. The molecule has 0 spiro atoms. The molecule has 0 nitrogen and oxygen atoms in total. The van der Waals surface area contributed by atoms with Gasteiger partial charge in [0.05, 0.1) is 7.85 Å². The van der Waals surface area contributed by atoms with E-state index in [1.807, 2.05) is 0 Å². The molecule has 2 atom stereocenters. The normalized spacial score (nSPS) is 31.8. The first-order valence-electron chi connectivity index (χ1n) is 6.36. The summed E-state index contributed by atoms with van der Waals surface area (Å²) in [5, 5.41) is -0.000185. The molecule has 2 aromatic rings. The number of hydrogen-bond acceptors (Lipinski definition) is 0. The average molecular weight is 251 g/mol. The molecule has 5 rings (SSSR count). The van der Waals surface area contributed by atoms with E-state index in [4.69, 9.17) is 19.4 Å². The lowest BCUT2D eigenvalue weighted by molar-refractivity contribution is 0.527. The molecule has 0 saturated carbocycles. The molecule has 2 heteroatoms. The number of hydrogen-bond donors (Lipinski definition) is 0. The zero-order valence-corrected chi connectivity index (χ0v) is 10.6. The van der Waals surface area contributed by atoms with E-state index in [1.165, 1.54) is 22.3 Å². The Morgan fingerprint density at radius 2 is 1.11 bits per heavy atom. The van der Waals surface area contributed by atoms with Crippen LogP contribution in [0.2, 0.25) is 5.82 Å². The van der Waals surface area contributed by atoms with Crippen LogP contribution in [-0.2, 0) is 0 Å². The number of fused-ring (bicyclic) bond motifs is 1. The molecule has 18 heavy (non-hydrogen) atoms. The zero-order chi connectivity index (χ0) is 12.3. The number of halogens is 1. The molecule has 2 radical (unpaired) electrons. The Morgan fingerprint density at radius 3 is 1.56 bits per heavy atom. The van der Waals surface area contributed by atoms with Crippen molar-refractivity contribution < 1.29 is 0 Å². The highest BCUT2D eigenvalue weighted by Gasteiger charge is 2.46. The molecule has 0 saturated heterocycles. The lowest BCUT2D eigenvalue weighted by Gasteiger charge is -2.47. The van der Waals surface area contributed by atoms with Crippen molar-refractivity contribution >= 4 is 19.4 Å². The second-order valence-electron chi connectivity index (χ2n) is 5.23. The van der Waals surface area contributed by atoms with Gasteiger partial charge in [0.15, 0.2) is 0 Å². The van der Waals surface area contributed by atoms with E-state index in [0.717, 1.165) is 0 Å². The molecule has 2 bridgehead atoms. The molecule has 0 fully saturated rings. The summed E-state index contributed by atoms with van der Waals surface area (Å²) >= 11 is 6.59. The summed E-state index contributed by atoms with van der Waals surface area (Å²) in [5.41, 5.74) is 5.46. The molecule has 2 aromatic carbocycles. The summed E-state index contributed by atoms with van der Waals surface area (Å²) in [7, 11) is 6.36. The fourth-order valence-corrected chi connectivity index (χ4v) is 4.07. The molecule has 0 heterocycles. The van der Waals surface area contributed by atoms with Crippen LogP contribution in [-0.4, -0.2) is 13.2 Å². The fraction of sp³-hybridized carbons (Fsp3) is 0.250. The van der Waals surface area contributed by atoms with Gasteiger partial charge in [-0.05, 0) is 28.1 Å². The number of benzene rings is 2. The predicted octanol–water partition coefficient (Wildman–Crippen LogP) is 3.84. The molecule has 0 aliphatic heterocycles. The largest absolute Gasteiger partial charge is 0.122 e. The molecule has 3 aliphatic carbocycles. The van der Waals surface area contributed by atoms with Crippen molar-refractivity contribution in [2.75, 3.05) is 0 Å². The van der Waals surface area contributed by atoms with Crippen LogP contribution in [0.1, 0.15) is 34.1 Å². The summed E-state index contributed by atoms with van der Waals surface area (Å²) in [4.78, 5) is 0. The van der Waals surface area contributed by atoms with Crippen LogP contribution >= 0.6 is 11.6 Å². The Labute approximate surface area is 113 Å². The maximum Gasteiger partial charge on any atom is 0.0732 e. The van der Waals surface area contributed by atoms with E-state index in [-0.39, 0.29) is 23.0 Å². The zero-order valence-electron chi connectivity index (χ0n) is 9.88. The molecule has 3 aliphatic rings. The Hall–Kier alpha value is -1.21. The topological polar surface area (TPSA) is 0 Å². The van der Waals surface area contributed by atoms with Crippen LogP contribution < -0.4 is 0 Å². The third-order valence-corrected chi connectivity index (χ3v) is 4.95. The van der Waals surface area contributed by atoms with Crippen LogP contribution in [0.5, 0.6) is 0 Å². The van der Waals surface area contributed by atoms with Gasteiger partial charge >= 0.3 is 0 Å². The molecular formula is C16H12BCl. The van der Waals surface area contributed by atoms with Gasteiger partial charge in [0.1, 0.15) is 0 Å². The first-order valence-corrected chi connectivity index (χ1v) is 6.80. The quantitative estimate of drug-likeness (QED) is 0.492. The summed E-state index contributed by atoms with van der Waals surface area (Å²) in [6, 6.07) is 17.2. The lowest BCUT2D eigenvalue weighted by atomic mass is 9.53. The van der Waals surface area contributed by atoms with Crippen molar-refractivity contribution in [1.29, 1.82) is 0 Å². The maximum atomic E-state index is 6.59. The summed E-state index contributed by atoms with van der Waals surface area (Å²) < 4.78 is 0. The van der Waals surface area contributed by atoms with Crippen LogP contribution in [0.15, 0.2) is 48.5 Å². The Kier molecular flexibility index (Phi) is 2.17. The Morgan fingerprint density at radius 1 is 0.722 bits per heavy atom. The average Bonchev–Trinajstić information content (AvgIpc) is 2.42. The third kappa shape index (κ3) is 1.18. The highest BCUT2D eigenvalue weighted by atomic mass is 35.5. The van der Waals surface area contributed by atoms with Crippen molar-refractivity contribution in [1.82, 2.24) is 0 Å². The third-order valence-electron chi connectivity index (χ3n) is 4.40. The molecule has 0 aromatic heterocycles. The monoisotopic (exact) mass is 250 g/mol. The molecule has 0 amide bonds. The van der Waals surface area contributed by atoms with Gasteiger partial charge in [-0.15, -0.1) is 11.6 Å². The van der Waals surface area contributed by atoms with Gasteiger partial charge in [-0.1, -0.05) is 48.5 Å². The first-order chi connectivity index (χ1) is 8.79. The highest BCUT2D eigenvalue weighted by Crippen LogP contribution is 2.58. The van der Waals surface area contributed by atoms with E-state index >= 15 is 0 Å². The van der Waals surface area contributed by atoms with Gasteiger partial charge in [0.25, 0.3) is 0 Å². The van der Waals surface area contributed by atoms with Gasteiger partial charge < -0.3 is 0 Å². The molecule has 86 valence electrons. The van der Waals surface area contributed by atoms with Crippen molar-refractivity contribution in [3.05, 3.63) is 70.8 Å². The van der Waals surface area contributed by atoms with E-state index in [1.54, 1.807) is 0 Å². The van der Waals surface area contributed by atoms with Crippen LogP contribution in [0, 0.1) is 0 Å². The first kappa shape index (κ1) is 10.7. The molecular weight excluding hydrogens is 238 g/mol. The summed E-state index contributed by atoms with van der Waals surface area (Å²) in [5.74, 6) is 0.519. The maximum absolute atomic E-state index is 6.59. The van der Waals surface area contributed by atoms with Crippen molar-refractivity contribution in [2.45, 2.75) is 23.0 Å². The van der Waals surface area contributed by atoms with Gasteiger partial charge in [0.2, 0.25) is 0 Å². The standard InChI is InChI=1S/C16H12BCl/c17-15-13-9-5-1-3-7-11(9)14(16(15)18)12-8-4-2-6-10(12)13/h1-8,13-16H. The summed E-state index contributed by atoms with van der Waals surface area (Å²) in [6.45, 7) is 0. The van der Waals surface area contributed by atoms with Gasteiger partial charge in [-0.25, -0.2) is 0 Å². The van der Waals surface area contributed by atoms with E-state index in [0.29, 0.717) is 0 Å². The van der Waals surface area contributed by atoms with Crippen molar-refractivity contribution in [3.8, 4) is 0 Å². The van der Waals surface area contributed by atoms with Crippen LogP contribution in [0.25, 0.3) is 0 Å². The van der Waals surface area contributed by atoms with Crippen LogP contribution in [0.4, 0.5) is 0 Å². The van der Waals surface area contributed by atoms with Gasteiger partial charge in [-0.2, -0.15) is 0 Å². The van der Waals surface area contributed by atoms with E-state index < -0.39 is 0 Å². The van der Waals surface area contributed by atoms with Crippen molar-refractivity contribution in [3.63, 3.8) is 0 Å². The fourth-order valence-electron chi connectivity index (χ4n) is 3.65. The SMILES string of the molecule is [B]C1C2c3ccccc3C(c3ccccc32)C1Cl. The number of alkyl halides is 1. The smallest absolute Gasteiger partial charge is 0.0732 e. The molecule has 0 N–H and O–H groups in total. The highest BCUT2D eigenvalue weighted by molar-refractivity contribution is 6.28. The molecule has 2 unspecified atom stereocenters. The predicted molar refractivity (Wildman–Crippen MR) is 75.7 cm³/mol. The second-order valence-corrected chi connectivity index (χ2v) is 5.74. The lowest BCUT2D eigenvalue weighted by Crippen LogP contribution is -2.37. The summed E-state index contributed by atoms with van der Waals surface area (Å²) in [6.07, 6.45) is 0. The van der Waals surface area contributed by atoms with Crippen molar-refractivity contribution in [2.24, 2.45) is 0 Å². The van der Waals surface area contributed by atoms with Gasteiger partial charge in [-0.3, -0.25) is 0 Å². The Balaban J connectivity index is 2.06. The second kappa shape index (κ2) is 3.65. The van der Waals surface area contributed by atoms with E-state index in [9.17, 15) is 0 Å². The number of rotatable bonds is 0. The minimum absolute atomic E-state index is 0.000185. The van der Waals surface area contributed by atoms with E-state index in [2.05, 4.69) is 48.5 Å². The minimum Gasteiger partial charge on any atom is -0.122 e. The van der Waals surface area contributed by atoms with Gasteiger partial charge in [0, 0.05) is 17.2 Å². The Bertz CT molecular complexity index is 520. The van der Waals surface area contributed by atoms with Crippen LogP contribution in [0.3, 0.4) is 0 Å².